The predicted molar refractivity (Wildman–Crippen MR) is 107 cm³/mol. The van der Waals surface area contributed by atoms with Crippen LogP contribution >= 0.6 is 0 Å². The summed E-state index contributed by atoms with van der Waals surface area (Å²) in [5.74, 6) is -1.10. The number of benzene rings is 1. The molecule has 2 heterocycles. The van der Waals surface area contributed by atoms with E-state index in [9.17, 15) is 9.59 Å². The molecule has 7 nitrogen and oxygen atoms in total. The molecule has 0 unspecified atom stereocenters. The molecule has 2 aromatic heterocycles. The van der Waals surface area contributed by atoms with Crippen molar-refractivity contribution in [2.45, 2.75) is 20.8 Å². The summed E-state index contributed by atoms with van der Waals surface area (Å²) in [4.78, 5) is 29.2. The van der Waals surface area contributed by atoms with Crippen molar-refractivity contribution in [1.82, 2.24) is 19.5 Å². The van der Waals surface area contributed by atoms with Gasteiger partial charge in [-0.2, -0.15) is 5.10 Å². The number of carboxylic acid groups (broad SMARTS) is 1. The number of carbonyl (C=O) groups excluding carboxylic acids is 1. The van der Waals surface area contributed by atoms with Gasteiger partial charge in [0.1, 0.15) is 5.69 Å². The molecular formula is C21H22N4O3. The molecule has 7 heteroatoms. The van der Waals surface area contributed by atoms with Crippen LogP contribution in [0.5, 0.6) is 0 Å². The Morgan fingerprint density at radius 3 is 2.46 bits per heavy atom. The van der Waals surface area contributed by atoms with Crippen LogP contribution in [0, 0.1) is 13.8 Å². The van der Waals surface area contributed by atoms with Crippen molar-refractivity contribution in [1.29, 1.82) is 0 Å². The third kappa shape index (κ3) is 3.64. The summed E-state index contributed by atoms with van der Waals surface area (Å²) >= 11 is 0. The summed E-state index contributed by atoms with van der Waals surface area (Å²) < 4.78 is 1.71. The van der Waals surface area contributed by atoms with Crippen molar-refractivity contribution in [2.75, 3.05) is 14.1 Å². The number of aryl methyl sites for hydroxylation is 2. The molecule has 0 atom stereocenters. The number of hydrogen-bond donors (Lipinski definition) is 1. The van der Waals surface area contributed by atoms with Crippen LogP contribution in [0.1, 0.15) is 34.2 Å². The summed E-state index contributed by atoms with van der Waals surface area (Å²) in [5, 5.41) is 13.7. The molecule has 0 aliphatic heterocycles. The van der Waals surface area contributed by atoms with Gasteiger partial charge in [-0.3, -0.25) is 4.79 Å². The lowest BCUT2D eigenvalue weighted by Crippen LogP contribution is -2.23. The van der Waals surface area contributed by atoms with Crippen LogP contribution in [0.15, 0.2) is 35.9 Å². The Kier molecular flexibility index (Phi) is 5.00. The second-order valence-corrected chi connectivity index (χ2v) is 6.99. The van der Waals surface area contributed by atoms with Crippen LogP contribution < -0.4 is 0 Å². The highest BCUT2D eigenvalue weighted by atomic mass is 16.4. The highest BCUT2D eigenvalue weighted by Gasteiger charge is 2.15. The van der Waals surface area contributed by atoms with Crippen LogP contribution in [0.2, 0.25) is 0 Å². The van der Waals surface area contributed by atoms with Crippen molar-refractivity contribution in [2.24, 2.45) is 0 Å². The average Bonchev–Trinajstić information content (AvgIpc) is 3.05. The molecule has 0 spiro atoms. The quantitative estimate of drug-likeness (QED) is 0.705. The van der Waals surface area contributed by atoms with Crippen LogP contribution in [0.3, 0.4) is 0 Å². The normalized spacial score (nSPS) is 11.7. The van der Waals surface area contributed by atoms with Crippen LogP contribution in [-0.4, -0.2) is 50.6 Å². The van der Waals surface area contributed by atoms with Gasteiger partial charge in [-0.15, -0.1) is 0 Å². The number of fused-ring (bicyclic) bond motifs is 1. The van der Waals surface area contributed by atoms with E-state index in [1.165, 1.54) is 4.90 Å². The molecule has 0 bridgehead atoms. The standard InChI is InChI=1S/C21H22N4O3/c1-12-8-15(9-13(2)21(27)28)6-7-16(12)17-11-19-22-18(20(26)24(4)5)10-14(3)25(19)23-17/h6-11H,1-5H3,(H,27,28)/b13-9+. The maximum atomic E-state index is 12.2. The van der Waals surface area contributed by atoms with Gasteiger partial charge in [0, 0.05) is 37.0 Å². The van der Waals surface area contributed by atoms with Gasteiger partial charge in [0.2, 0.25) is 0 Å². The van der Waals surface area contributed by atoms with E-state index in [1.807, 2.05) is 38.1 Å². The van der Waals surface area contributed by atoms with Crippen LogP contribution in [0.4, 0.5) is 0 Å². The second-order valence-electron chi connectivity index (χ2n) is 6.99. The van der Waals surface area contributed by atoms with Crippen LogP contribution in [0.25, 0.3) is 23.0 Å². The number of aromatic nitrogens is 3. The van der Waals surface area contributed by atoms with E-state index in [4.69, 9.17) is 5.11 Å². The Morgan fingerprint density at radius 1 is 1.14 bits per heavy atom. The van der Waals surface area contributed by atoms with E-state index in [0.717, 1.165) is 28.1 Å². The molecule has 1 N–H and O–H groups in total. The summed E-state index contributed by atoms with van der Waals surface area (Å²) in [5.41, 5.74) is 5.53. The van der Waals surface area contributed by atoms with Crippen LogP contribution in [-0.2, 0) is 4.79 Å². The molecule has 0 radical (unpaired) electrons. The summed E-state index contributed by atoms with van der Waals surface area (Å²) in [6.07, 6.45) is 1.63. The monoisotopic (exact) mass is 378 g/mol. The molecule has 0 saturated heterocycles. The number of rotatable bonds is 4. The molecule has 3 aromatic rings. The number of carbonyl (C=O) groups is 2. The molecule has 28 heavy (non-hydrogen) atoms. The maximum absolute atomic E-state index is 12.2. The Labute approximate surface area is 162 Å². The third-order valence-electron chi connectivity index (χ3n) is 4.48. The van der Waals surface area contributed by atoms with Gasteiger partial charge in [-0.1, -0.05) is 18.2 Å². The Hall–Kier alpha value is -3.48. The van der Waals surface area contributed by atoms with Gasteiger partial charge in [-0.25, -0.2) is 14.3 Å². The van der Waals surface area contributed by atoms with E-state index in [2.05, 4.69) is 10.1 Å². The molecule has 0 aliphatic carbocycles. The van der Waals surface area contributed by atoms with Crippen molar-refractivity contribution < 1.29 is 14.7 Å². The van der Waals surface area contributed by atoms with Crippen molar-refractivity contribution in [3.8, 4) is 11.3 Å². The smallest absolute Gasteiger partial charge is 0.331 e. The van der Waals surface area contributed by atoms with Crippen molar-refractivity contribution in [3.63, 3.8) is 0 Å². The minimum absolute atomic E-state index is 0.158. The fraction of sp³-hybridized carbons (Fsp3) is 0.238. The largest absolute Gasteiger partial charge is 0.478 e. The van der Waals surface area contributed by atoms with Gasteiger partial charge >= 0.3 is 5.97 Å². The van der Waals surface area contributed by atoms with Crippen molar-refractivity contribution >= 4 is 23.6 Å². The zero-order valence-corrected chi connectivity index (χ0v) is 16.5. The number of hydrogen-bond acceptors (Lipinski definition) is 4. The average molecular weight is 378 g/mol. The molecule has 0 saturated carbocycles. The molecule has 3 rings (SSSR count). The lowest BCUT2D eigenvalue weighted by molar-refractivity contribution is -0.132. The Balaban J connectivity index is 2.04. The molecular weight excluding hydrogens is 356 g/mol. The molecule has 1 amide bonds. The fourth-order valence-corrected chi connectivity index (χ4v) is 2.97. The van der Waals surface area contributed by atoms with E-state index in [0.29, 0.717) is 11.3 Å². The first-order valence-electron chi connectivity index (χ1n) is 8.79. The number of amides is 1. The van der Waals surface area contributed by atoms with E-state index >= 15 is 0 Å². The first kappa shape index (κ1) is 19.3. The number of carboxylic acids is 1. The fourth-order valence-electron chi connectivity index (χ4n) is 2.97. The summed E-state index contributed by atoms with van der Waals surface area (Å²) in [6, 6.07) is 9.27. The zero-order valence-electron chi connectivity index (χ0n) is 16.5. The minimum Gasteiger partial charge on any atom is -0.478 e. The predicted octanol–water partition coefficient (Wildman–Crippen LogP) is 3.20. The minimum atomic E-state index is -0.938. The van der Waals surface area contributed by atoms with Gasteiger partial charge < -0.3 is 10.0 Å². The Morgan fingerprint density at radius 2 is 1.86 bits per heavy atom. The number of aliphatic carboxylic acids is 1. The number of nitrogens with zero attached hydrogens (tertiary/aromatic N) is 4. The molecule has 0 fully saturated rings. The molecule has 1 aromatic carbocycles. The first-order chi connectivity index (χ1) is 13.2. The highest BCUT2D eigenvalue weighted by Crippen LogP contribution is 2.25. The second kappa shape index (κ2) is 7.26. The molecule has 0 aliphatic rings. The first-order valence-corrected chi connectivity index (χ1v) is 8.79. The van der Waals surface area contributed by atoms with E-state index < -0.39 is 5.97 Å². The Bertz CT molecular complexity index is 1130. The SMILES string of the molecule is C/C(=C\c1ccc(-c2cc3nc(C(=O)N(C)C)cc(C)n3n2)c(C)c1)C(=O)O. The van der Waals surface area contributed by atoms with E-state index in [1.54, 1.807) is 37.7 Å². The van der Waals surface area contributed by atoms with Crippen molar-refractivity contribution in [3.05, 3.63) is 58.4 Å². The highest BCUT2D eigenvalue weighted by molar-refractivity contribution is 5.93. The lowest BCUT2D eigenvalue weighted by Gasteiger charge is -2.10. The topological polar surface area (TPSA) is 87.8 Å². The lowest BCUT2D eigenvalue weighted by atomic mass is 10.0. The zero-order chi connectivity index (χ0) is 20.6. The summed E-state index contributed by atoms with van der Waals surface area (Å²) in [7, 11) is 3.38. The molecule has 144 valence electrons. The summed E-state index contributed by atoms with van der Waals surface area (Å²) in [6.45, 7) is 5.40. The van der Waals surface area contributed by atoms with Gasteiger partial charge in [0.15, 0.2) is 5.65 Å². The maximum Gasteiger partial charge on any atom is 0.331 e. The third-order valence-corrected chi connectivity index (χ3v) is 4.48. The van der Waals surface area contributed by atoms with Gasteiger partial charge in [0.05, 0.1) is 5.69 Å². The van der Waals surface area contributed by atoms with Gasteiger partial charge in [-0.05, 0) is 44.0 Å². The van der Waals surface area contributed by atoms with Gasteiger partial charge in [0.25, 0.3) is 5.91 Å². The van der Waals surface area contributed by atoms with E-state index in [-0.39, 0.29) is 11.5 Å².